The van der Waals surface area contributed by atoms with Gasteiger partial charge in [0.15, 0.2) is 0 Å². The molecule has 1 saturated carbocycles. The van der Waals surface area contributed by atoms with Crippen molar-refractivity contribution < 1.29 is 9.53 Å². The summed E-state index contributed by atoms with van der Waals surface area (Å²) in [6.45, 7) is 7.47. The van der Waals surface area contributed by atoms with E-state index in [1.165, 1.54) is 12.8 Å². The lowest BCUT2D eigenvalue weighted by molar-refractivity contribution is -0.121. The van der Waals surface area contributed by atoms with Crippen molar-refractivity contribution in [3.63, 3.8) is 0 Å². The van der Waals surface area contributed by atoms with Crippen LogP contribution in [0.1, 0.15) is 40.0 Å². The number of nitrogens with one attached hydrogen (secondary N) is 2. The molecule has 1 fully saturated rings. The normalized spacial score (nSPS) is 17.9. The fourth-order valence-corrected chi connectivity index (χ4v) is 1.91. The van der Waals surface area contributed by atoms with Gasteiger partial charge in [0.1, 0.15) is 0 Å². The van der Waals surface area contributed by atoms with E-state index in [0.717, 1.165) is 18.9 Å². The first kappa shape index (κ1) is 14.5. The van der Waals surface area contributed by atoms with Gasteiger partial charge in [-0.1, -0.05) is 0 Å². The maximum Gasteiger partial charge on any atom is 0.234 e. The summed E-state index contributed by atoms with van der Waals surface area (Å²) in [5, 5.41) is 6.17. The third-order valence-electron chi connectivity index (χ3n) is 3.17. The lowest BCUT2D eigenvalue weighted by Gasteiger charge is -2.27. The molecule has 100 valence electrons. The highest BCUT2D eigenvalue weighted by molar-refractivity contribution is 5.78. The van der Waals surface area contributed by atoms with Crippen LogP contribution in [-0.2, 0) is 9.53 Å². The average molecular weight is 242 g/mol. The van der Waals surface area contributed by atoms with E-state index >= 15 is 0 Å². The van der Waals surface area contributed by atoms with Crippen LogP contribution in [0.4, 0.5) is 0 Å². The van der Waals surface area contributed by atoms with Crippen LogP contribution >= 0.6 is 0 Å². The van der Waals surface area contributed by atoms with Crippen molar-refractivity contribution in [2.24, 2.45) is 5.92 Å². The minimum Gasteiger partial charge on any atom is -0.379 e. The second-order valence-electron chi connectivity index (χ2n) is 5.71. The average Bonchev–Trinajstić information content (AvgIpc) is 3.00. The molecule has 0 aliphatic heterocycles. The molecule has 1 rings (SSSR count). The minimum absolute atomic E-state index is 0.0741. The molecule has 1 aliphatic carbocycles. The molecule has 1 unspecified atom stereocenters. The van der Waals surface area contributed by atoms with Crippen molar-refractivity contribution in [1.82, 2.24) is 10.6 Å². The molecule has 1 atom stereocenters. The molecule has 2 N–H and O–H groups in total. The lowest BCUT2D eigenvalue weighted by Crippen LogP contribution is -2.42. The van der Waals surface area contributed by atoms with E-state index in [9.17, 15) is 4.79 Å². The van der Waals surface area contributed by atoms with Crippen LogP contribution in [0.3, 0.4) is 0 Å². The van der Waals surface area contributed by atoms with Gasteiger partial charge in [0.05, 0.1) is 12.1 Å². The molecule has 0 aromatic heterocycles. The van der Waals surface area contributed by atoms with Gasteiger partial charge in [-0.25, -0.2) is 0 Å². The van der Waals surface area contributed by atoms with E-state index in [1.54, 1.807) is 7.11 Å². The Kier molecular flexibility index (Phi) is 5.40. The molecule has 1 aliphatic rings. The molecular formula is C13H26N2O2. The molecule has 0 spiro atoms. The number of carbonyl (C=O) groups excluding carboxylic acids is 1. The fraction of sp³-hybridized carbons (Fsp3) is 0.923. The van der Waals surface area contributed by atoms with Crippen molar-refractivity contribution in [3.8, 4) is 0 Å². The van der Waals surface area contributed by atoms with Gasteiger partial charge in [0.2, 0.25) is 5.91 Å². The Morgan fingerprint density at radius 1 is 1.47 bits per heavy atom. The van der Waals surface area contributed by atoms with E-state index in [2.05, 4.69) is 10.6 Å². The van der Waals surface area contributed by atoms with E-state index in [0.29, 0.717) is 6.54 Å². The quantitative estimate of drug-likeness (QED) is 0.674. The highest BCUT2D eigenvalue weighted by Crippen LogP contribution is 2.27. The van der Waals surface area contributed by atoms with Crippen molar-refractivity contribution in [1.29, 1.82) is 0 Å². The van der Waals surface area contributed by atoms with Crippen LogP contribution in [0, 0.1) is 5.92 Å². The second kappa shape index (κ2) is 6.36. The van der Waals surface area contributed by atoms with Gasteiger partial charge in [-0.05, 0) is 52.5 Å². The van der Waals surface area contributed by atoms with Crippen molar-refractivity contribution in [3.05, 3.63) is 0 Å². The summed E-state index contributed by atoms with van der Waals surface area (Å²) >= 11 is 0. The van der Waals surface area contributed by atoms with Crippen LogP contribution in [0.15, 0.2) is 0 Å². The molecule has 17 heavy (non-hydrogen) atoms. The van der Waals surface area contributed by atoms with Crippen LogP contribution in [0.2, 0.25) is 0 Å². The van der Waals surface area contributed by atoms with Gasteiger partial charge >= 0.3 is 0 Å². The maximum atomic E-state index is 11.6. The molecule has 4 nitrogen and oxygen atoms in total. The largest absolute Gasteiger partial charge is 0.379 e. The number of rotatable bonds is 8. The van der Waals surface area contributed by atoms with Gasteiger partial charge in [0.25, 0.3) is 0 Å². The molecule has 0 aromatic rings. The van der Waals surface area contributed by atoms with Crippen molar-refractivity contribution in [2.75, 3.05) is 20.2 Å². The lowest BCUT2D eigenvalue weighted by atomic mass is 10.00. The van der Waals surface area contributed by atoms with Gasteiger partial charge in [-0.3, -0.25) is 4.79 Å². The molecule has 0 bridgehead atoms. The fourth-order valence-electron chi connectivity index (χ4n) is 1.91. The first-order valence-corrected chi connectivity index (χ1v) is 6.48. The predicted octanol–water partition coefficient (Wildman–Crippen LogP) is 1.31. The summed E-state index contributed by atoms with van der Waals surface area (Å²) in [6.07, 6.45) is 3.44. The first-order chi connectivity index (χ1) is 7.93. The van der Waals surface area contributed by atoms with Crippen molar-refractivity contribution in [2.45, 2.75) is 51.7 Å². The summed E-state index contributed by atoms with van der Waals surface area (Å²) in [5.74, 6) is 0.887. The Morgan fingerprint density at radius 3 is 2.65 bits per heavy atom. The van der Waals surface area contributed by atoms with Gasteiger partial charge < -0.3 is 15.4 Å². The topological polar surface area (TPSA) is 50.4 Å². The second-order valence-corrected chi connectivity index (χ2v) is 5.71. The number of ether oxygens (including phenoxy) is 1. The van der Waals surface area contributed by atoms with Crippen molar-refractivity contribution >= 4 is 5.91 Å². The third kappa shape index (κ3) is 6.64. The number of methoxy groups -OCH3 is 1. The Balaban J connectivity index is 2.11. The molecular weight excluding hydrogens is 216 g/mol. The Bertz CT molecular complexity index is 250. The van der Waals surface area contributed by atoms with Crippen LogP contribution in [0.25, 0.3) is 0 Å². The minimum atomic E-state index is -0.186. The summed E-state index contributed by atoms with van der Waals surface area (Å²) < 4.78 is 5.34. The molecule has 1 amide bonds. The van der Waals surface area contributed by atoms with Crippen LogP contribution < -0.4 is 10.6 Å². The SMILES string of the molecule is COC(C)(C)CC(C)NC(=O)CNCC1CC1. The van der Waals surface area contributed by atoms with E-state index in [4.69, 9.17) is 4.74 Å². The molecule has 0 radical (unpaired) electrons. The third-order valence-corrected chi connectivity index (χ3v) is 3.17. The number of carbonyl (C=O) groups is 1. The van der Waals surface area contributed by atoms with Gasteiger partial charge in [-0.2, -0.15) is 0 Å². The zero-order valence-corrected chi connectivity index (χ0v) is 11.5. The zero-order valence-electron chi connectivity index (χ0n) is 11.5. The molecule has 4 heteroatoms. The predicted molar refractivity (Wildman–Crippen MR) is 68.9 cm³/mol. The molecule has 0 heterocycles. The Morgan fingerprint density at radius 2 is 2.12 bits per heavy atom. The molecule has 0 saturated heterocycles. The summed E-state index contributed by atoms with van der Waals surface area (Å²) in [7, 11) is 1.70. The van der Waals surface area contributed by atoms with Gasteiger partial charge in [-0.15, -0.1) is 0 Å². The summed E-state index contributed by atoms with van der Waals surface area (Å²) in [5.41, 5.74) is -0.186. The van der Waals surface area contributed by atoms with E-state index in [1.807, 2.05) is 20.8 Å². The number of hydrogen-bond acceptors (Lipinski definition) is 3. The van der Waals surface area contributed by atoms with E-state index in [-0.39, 0.29) is 17.6 Å². The first-order valence-electron chi connectivity index (χ1n) is 6.48. The van der Waals surface area contributed by atoms with Crippen LogP contribution in [0.5, 0.6) is 0 Å². The summed E-state index contributed by atoms with van der Waals surface area (Å²) in [4.78, 5) is 11.6. The number of hydrogen-bond donors (Lipinski definition) is 2. The highest BCUT2D eigenvalue weighted by Gasteiger charge is 2.22. The van der Waals surface area contributed by atoms with Crippen LogP contribution in [-0.4, -0.2) is 37.7 Å². The maximum absolute atomic E-state index is 11.6. The standard InChI is InChI=1S/C13H26N2O2/c1-10(7-13(2,3)17-4)15-12(16)9-14-8-11-5-6-11/h10-11,14H,5-9H2,1-4H3,(H,15,16). The van der Waals surface area contributed by atoms with E-state index < -0.39 is 0 Å². The highest BCUT2D eigenvalue weighted by atomic mass is 16.5. The Labute approximate surface area is 104 Å². The summed E-state index contributed by atoms with van der Waals surface area (Å²) in [6, 6.07) is 0.139. The monoisotopic (exact) mass is 242 g/mol. The van der Waals surface area contributed by atoms with Gasteiger partial charge in [0, 0.05) is 13.2 Å². The molecule has 0 aromatic carbocycles. The zero-order chi connectivity index (χ0) is 12.9. The smallest absolute Gasteiger partial charge is 0.234 e. The Hall–Kier alpha value is -0.610. The number of amides is 1.